The molecular formula is C22H24O3. The van der Waals surface area contributed by atoms with Crippen LogP contribution in [-0.2, 0) is 13.0 Å². The first-order valence-corrected chi connectivity index (χ1v) is 8.75. The quantitative estimate of drug-likeness (QED) is 0.597. The highest BCUT2D eigenvalue weighted by molar-refractivity contribution is 5.85. The van der Waals surface area contributed by atoms with Gasteiger partial charge in [0.05, 0.1) is 0 Å². The summed E-state index contributed by atoms with van der Waals surface area (Å²) in [6.07, 6.45) is 1.85. The Morgan fingerprint density at radius 1 is 1.00 bits per heavy atom. The number of ether oxygens (including phenoxy) is 1. The van der Waals surface area contributed by atoms with Gasteiger partial charge in [-0.2, -0.15) is 0 Å². The maximum Gasteiger partial charge on any atom is 0.336 e. The number of hydrogen-bond acceptors (Lipinski definition) is 3. The van der Waals surface area contributed by atoms with Crippen molar-refractivity contribution in [3.8, 4) is 5.75 Å². The molecule has 0 bridgehead atoms. The van der Waals surface area contributed by atoms with Crippen LogP contribution in [0.15, 0.2) is 45.6 Å². The van der Waals surface area contributed by atoms with E-state index in [-0.39, 0.29) is 5.63 Å². The molecule has 0 radical (unpaired) electrons. The number of aryl methyl sites for hydroxylation is 4. The van der Waals surface area contributed by atoms with E-state index in [9.17, 15) is 4.79 Å². The van der Waals surface area contributed by atoms with Crippen LogP contribution >= 0.6 is 0 Å². The Bertz CT molecular complexity index is 967. The number of rotatable bonds is 5. The summed E-state index contributed by atoms with van der Waals surface area (Å²) in [4.78, 5) is 11.9. The van der Waals surface area contributed by atoms with E-state index >= 15 is 0 Å². The summed E-state index contributed by atoms with van der Waals surface area (Å²) in [5, 5.41) is 0.998. The van der Waals surface area contributed by atoms with Crippen LogP contribution in [0.5, 0.6) is 5.75 Å². The van der Waals surface area contributed by atoms with Crippen LogP contribution in [0.25, 0.3) is 11.0 Å². The molecular weight excluding hydrogens is 312 g/mol. The van der Waals surface area contributed by atoms with E-state index in [2.05, 4.69) is 39.0 Å². The summed E-state index contributed by atoms with van der Waals surface area (Å²) in [6, 6.07) is 11.9. The summed E-state index contributed by atoms with van der Waals surface area (Å²) < 4.78 is 11.5. The molecule has 0 N–H and O–H groups in total. The molecule has 1 heterocycles. The Balaban J connectivity index is 1.96. The van der Waals surface area contributed by atoms with Crippen LogP contribution in [0.3, 0.4) is 0 Å². The highest BCUT2D eigenvalue weighted by Crippen LogP contribution is 2.29. The molecule has 3 nitrogen and oxygen atoms in total. The molecule has 0 fully saturated rings. The average molecular weight is 336 g/mol. The van der Waals surface area contributed by atoms with Gasteiger partial charge in [-0.1, -0.05) is 37.1 Å². The van der Waals surface area contributed by atoms with Crippen LogP contribution in [0.4, 0.5) is 0 Å². The highest BCUT2D eigenvalue weighted by Gasteiger charge is 2.12. The minimum absolute atomic E-state index is 0.300. The normalized spacial score (nSPS) is 11.0. The largest absolute Gasteiger partial charge is 0.488 e. The van der Waals surface area contributed by atoms with Crippen molar-refractivity contribution in [2.75, 3.05) is 0 Å². The van der Waals surface area contributed by atoms with Crippen LogP contribution in [0.2, 0.25) is 0 Å². The lowest BCUT2D eigenvalue weighted by molar-refractivity contribution is 0.303. The van der Waals surface area contributed by atoms with Gasteiger partial charge in [-0.15, -0.1) is 0 Å². The second-order valence-corrected chi connectivity index (χ2v) is 6.62. The van der Waals surface area contributed by atoms with E-state index in [0.717, 1.165) is 35.1 Å². The van der Waals surface area contributed by atoms with Crippen molar-refractivity contribution in [1.29, 1.82) is 0 Å². The third-order valence-electron chi connectivity index (χ3n) is 4.60. The van der Waals surface area contributed by atoms with E-state index < -0.39 is 0 Å². The Hall–Kier alpha value is -2.55. The van der Waals surface area contributed by atoms with Gasteiger partial charge >= 0.3 is 5.63 Å². The van der Waals surface area contributed by atoms with Crippen molar-refractivity contribution in [2.45, 2.75) is 47.1 Å². The van der Waals surface area contributed by atoms with Gasteiger partial charge in [0, 0.05) is 17.0 Å². The SMILES string of the molecule is CCCc1cc(=O)oc2c(C)c(OCc3cc(C)ccc3C)ccc12. The smallest absolute Gasteiger partial charge is 0.336 e. The zero-order valence-corrected chi connectivity index (χ0v) is 15.3. The van der Waals surface area contributed by atoms with Gasteiger partial charge in [-0.25, -0.2) is 4.79 Å². The molecule has 0 aliphatic carbocycles. The second-order valence-electron chi connectivity index (χ2n) is 6.62. The monoisotopic (exact) mass is 336 g/mol. The first-order chi connectivity index (χ1) is 12.0. The second kappa shape index (κ2) is 7.14. The van der Waals surface area contributed by atoms with Crippen molar-refractivity contribution in [3.05, 3.63) is 74.6 Å². The van der Waals surface area contributed by atoms with Crippen LogP contribution in [0.1, 0.15) is 41.2 Å². The van der Waals surface area contributed by atoms with Crippen molar-refractivity contribution in [2.24, 2.45) is 0 Å². The Morgan fingerprint density at radius 2 is 1.80 bits per heavy atom. The number of fused-ring (bicyclic) bond motifs is 1. The van der Waals surface area contributed by atoms with Gasteiger partial charge in [0.2, 0.25) is 0 Å². The third kappa shape index (κ3) is 3.60. The van der Waals surface area contributed by atoms with Crippen molar-refractivity contribution in [1.82, 2.24) is 0 Å². The Labute approximate surface area is 148 Å². The van der Waals surface area contributed by atoms with Crippen molar-refractivity contribution >= 4 is 11.0 Å². The lowest BCUT2D eigenvalue weighted by Crippen LogP contribution is -2.04. The summed E-state index contributed by atoms with van der Waals surface area (Å²) in [7, 11) is 0. The fraction of sp³-hybridized carbons (Fsp3) is 0.318. The molecule has 130 valence electrons. The zero-order valence-electron chi connectivity index (χ0n) is 15.3. The van der Waals surface area contributed by atoms with Gasteiger partial charge < -0.3 is 9.15 Å². The molecule has 3 heteroatoms. The van der Waals surface area contributed by atoms with E-state index in [1.54, 1.807) is 6.07 Å². The lowest BCUT2D eigenvalue weighted by Gasteiger charge is -2.13. The van der Waals surface area contributed by atoms with Crippen molar-refractivity contribution in [3.63, 3.8) is 0 Å². The number of hydrogen-bond donors (Lipinski definition) is 0. The molecule has 0 spiro atoms. The predicted molar refractivity (Wildman–Crippen MR) is 101 cm³/mol. The minimum Gasteiger partial charge on any atom is -0.488 e. The molecule has 1 aromatic heterocycles. The van der Waals surface area contributed by atoms with Crippen LogP contribution in [-0.4, -0.2) is 0 Å². The molecule has 0 aliphatic rings. The molecule has 0 saturated carbocycles. The molecule has 0 aliphatic heterocycles. The molecule has 0 atom stereocenters. The highest BCUT2D eigenvalue weighted by atomic mass is 16.5. The van der Waals surface area contributed by atoms with E-state index in [0.29, 0.717) is 12.2 Å². The molecule has 0 amide bonds. The van der Waals surface area contributed by atoms with Gasteiger partial charge in [0.15, 0.2) is 0 Å². The fourth-order valence-corrected chi connectivity index (χ4v) is 3.15. The minimum atomic E-state index is -0.300. The molecule has 2 aromatic carbocycles. The Morgan fingerprint density at radius 3 is 2.56 bits per heavy atom. The molecule has 3 rings (SSSR count). The zero-order chi connectivity index (χ0) is 18.0. The van der Waals surface area contributed by atoms with Gasteiger partial charge in [-0.3, -0.25) is 0 Å². The van der Waals surface area contributed by atoms with Crippen molar-refractivity contribution < 1.29 is 9.15 Å². The maximum atomic E-state index is 11.9. The molecule has 3 aromatic rings. The summed E-state index contributed by atoms with van der Waals surface area (Å²) >= 11 is 0. The van der Waals surface area contributed by atoms with Gasteiger partial charge in [0.25, 0.3) is 0 Å². The van der Waals surface area contributed by atoms with Crippen LogP contribution in [0, 0.1) is 20.8 Å². The summed E-state index contributed by atoms with van der Waals surface area (Å²) in [6.45, 7) is 8.71. The standard InChI is InChI=1S/C22H24O3/c1-5-6-17-12-21(23)25-22-16(4)20(10-9-19(17)22)24-13-18-11-14(2)7-8-15(18)3/h7-12H,5-6,13H2,1-4H3. The number of benzene rings is 2. The summed E-state index contributed by atoms with van der Waals surface area (Å²) in [5.41, 5.74) is 5.84. The topological polar surface area (TPSA) is 39.4 Å². The maximum absolute atomic E-state index is 11.9. The van der Waals surface area contributed by atoms with E-state index in [1.807, 2.05) is 19.1 Å². The molecule has 0 unspecified atom stereocenters. The van der Waals surface area contributed by atoms with E-state index in [4.69, 9.17) is 9.15 Å². The van der Waals surface area contributed by atoms with Gasteiger partial charge in [0.1, 0.15) is 17.9 Å². The first kappa shape index (κ1) is 17.3. The first-order valence-electron chi connectivity index (χ1n) is 8.75. The molecule has 25 heavy (non-hydrogen) atoms. The summed E-state index contributed by atoms with van der Waals surface area (Å²) in [5.74, 6) is 0.755. The van der Waals surface area contributed by atoms with E-state index in [1.165, 1.54) is 16.7 Å². The third-order valence-corrected chi connectivity index (χ3v) is 4.60. The van der Waals surface area contributed by atoms with Gasteiger partial charge in [-0.05, 0) is 56.0 Å². The lowest BCUT2D eigenvalue weighted by atomic mass is 10.0. The fourth-order valence-electron chi connectivity index (χ4n) is 3.15. The predicted octanol–water partition coefficient (Wildman–Crippen LogP) is 5.25. The molecule has 0 saturated heterocycles. The average Bonchev–Trinajstić information content (AvgIpc) is 2.58. The van der Waals surface area contributed by atoms with Crippen LogP contribution < -0.4 is 10.4 Å². The Kier molecular flexibility index (Phi) is 4.93.